The summed E-state index contributed by atoms with van der Waals surface area (Å²) in [5, 5.41) is 4.69. The monoisotopic (exact) mass is 466 g/mol. The van der Waals surface area contributed by atoms with Crippen molar-refractivity contribution < 1.29 is 22.8 Å². The van der Waals surface area contributed by atoms with Gasteiger partial charge in [0.1, 0.15) is 0 Å². The second-order valence-corrected chi connectivity index (χ2v) is 9.57. The standard InChI is InChI=1S/C24H26ClF3N2O2/c1-23(2,3)13-22(31)30(14-16-7-6-8-17(11-16)24(26,27)28)15-18-12-21(29-32-18)19-9-4-5-10-20(19)25/h4-11,18H,12-15H2,1-3H3/t18-/m1/s1. The Bertz CT molecular complexity index is 999. The molecule has 0 aliphatic carbocycles. The molecule has 1 aliphatic rings. The minimum Gasteiger partial charge on any atom is -0.390 e. The van der Waals surface area contributed by atoms with E-state index in [0.717, 1.165) is 17.7 Å². The molecular weight excluding hydrogens is 441 g/mol. The zero-order valence-electron chi connectivity index (χ0n) is 18.2. The molecule has 172 valence electrons. The lowest BCUT2D eigenvalue weighted by Gasteiger charge is -2.28. The van der Waals surface area contributed by atoms with Crippen molar-refractivity contribution in [3.63, 3.8) is 0 Å². The summed E-state index contributed by atoms with van der Waals surface area (Å²) in [4.78, 5) is 20.1. The number of halogens is 4. The number of alkyl halides is 3. The maximum absolute atomic E-state index is 13.1. The Labute approximate surface area is 191 Å². The molecule has 1 amide bonds. The minimum atomic E-state index is -4.44. The molecule has 1 heterocycles. The summed E-state index contributed by atoms with van der Waals surface area (Å²) < 4.78 is 39.4. The van der Waals surface area contributed by atoms with Crippen molar-refractivity contribution in [2.75, 3.05) is 6.54 Å². The molecule has 2 aromatic carbocycles. The highest BCUT2D eigenvalue weighted by molar-refractivity contribution is 6.34. The van der Waals surface area contributed by atoms with Gasteiger partial charge in [-0.25, -0.2) is 0 Å². The third-order valence-electron chi connectivity index (χ3n) is 5.00. The second kappa shape index (κ2) is 9.53. The van der Waals surface area contributed by atoms with Gasteiger partial charge in [-0.1, -0.05) is 67.9 Å². The van der Waals surface area contributed by atoms with Crippen molar-refractivity contribution in [3.05, 3.63) is 70.2 Å². The average Bonchev–Trinajstić information content (AvgIpc) is 3.14. The molecule has 3 rings (SSSR count). The summed E-state index contributed by atoms with van der Waals surface area (Å²) >= 11 is 6.25. The molecule has 2 aromatic rings. The van der Waals surface area contributed by atoms with Crippen LogP contribution in [0.5, 0.6) is 0 Å². The fourth-order valence-corrected chi connectivity index (χ4v) is 3.76. The van der Waals surface area contributed by atoms with Crippen LogP contribution in [0.4, 0.5) is 13.2 Å². The van der Waals surface area contributed by atoms with Crippen molar-refractivity contribution in [2.24, 2.45) is 10.6 Å². The molecule has 0 aromatic heterocycles. The van der Waals surface area contributed by atoms with E-state index in [1.807, 2.05) is 39.0 Å². The molecule has 0 bridgehead atoms. The molecule has 4 nitrogen and oxygen atoms in total. The molecule has 0 spiro atoms. The van der Waals surface area contributed by atoms with Gasteiger partial charge in [0.2, 0.25) is 5.91 Å². The molecule has 1 atom stereocenters. The van der Waals surface area contributed by atoms with Gasteiger partial charge in [0, 0.05) is 30.0 Å². The highest BCUT2D eigenvalue weighted by atomic mass is 35.5. The Morgan fingerprint density at radius 2 is 1.88 bits per heavy atom. The van der Waals surface area contributed by atoms with Crippen LogP contribution in [0, 0.1) is 5.41 Å². The predicted octanol–water partition coefficient (Wildman–Crippen LogP) is 6.32. The highest BCUT2D eigenvalue weighted by Gasteiger charge is 2.32. The van der Waals surface area contributed by atoms with E-state index in [0.29, 0.717) is 22.7 Å². The normalized spacial score (nSPS) is 16.5. The van der Waals surface area contributed by atoms with Gasteiger partial charge in [-0.3, -0.25) is 4.79 Å². The van der Waals surface area contributed by atoms with E-state index in [2.05, 4.69) is 5.16 Å². The van der Waals surface area contributed by atoms with Gasteiger partial charge in [-0.15, -0.1) is 0 Å². The summed E-state index contributed by atoms with van der Waals surface area (Å²) in [6.07, 6.45) is -4.14. The lowest BCUT2D eigenvalue weighted by Crippen LogP contribution is -2.38. The number of carbonyl (C=O) groups excluding carboxylic acids is 1. The van der Waals surface area contributed by atoms with Gasteiger partial charge in [-0.2, -0.15) is 13.2 Å². The number of hydrogen-bond donors (Lipinski definition) is 0. The van der Waals surface area contributed by atoms with E-state index in [9.17, 15) is 18.0 Å². The third-order valence-corrected chi connectivity index (χ3v) is 5.33. The van der Waals surface area contributed by atoms with Crippen LogP contribution in [0.25, 0.3) is 0 Å². The number of oxime groups is 1. The molecule has 0 radical (unpaired) electrons. The number of carbonyl (C=O) groups is 1. The first-order chi connectivity index (χ1) is 14.9. The fourth-order valence-electron chi connectivity index (χ4n) is 3.51. The Hall–Kier alpha value is -2.54. The topological polar surface area (TPSA) is 41.9 Å². The zero-order chi connectivity index (χ0) is 23.5. The van der Waals surface area contributed by atoms with Crippen LogP contribution in [0.2, 0.25) is 5.02 Å². The number of hydrogen-bond acceptors (Lipinski definition) is 3. The number of rotatable bonds is 6. The van der Waals surface area contributed by atoms with E-state index >= 15 is 0 Å². The van der Waals surface area contributed by atoms with Crippen LogP contribution in [0.3, 0.4) is 0 Å². The van der Waals surface area contributed by atoms with E-state index < -0.39 is 17.8 Å². The number of benzene rings is 2. The predicted molar refractivity (Wildman–Crippen MR) is 118 cm³/mol. The van der Waals surface area contributed by atoms with E-state index in [4.69, 9.17) is 16.4 Å². The van der Waals surface area contributed by atoms with Crippen LogP contribution in [0.1, 0.15) is 50.3 Å². The molecular formula is C24H26ClF3N2O2. The zero-order valence-corrected chi connectivity index (χ0v) is 19.0. The van der Waals surface area contributed by atoms with Gasteiger partial charge >= 0.3 is 6.18 Å². The Kier molecular flexibility index (Phi) is 7.18. The fraction of sp³-hybridized carbons (Fsp3) is 0.417. The molecule has 0 unspecified atom stereocenters. The SMILES string of the molecule is CC(C)(C)CC(=O)N(Cc1cccc(C(F)(F)F)c1)C[C@H]1CC(c2ccccc2Cl)=NO1. The number of nitrogens with zero attached hydrogens (tertiary/aromatic N) is 2. The van der Waals surface area contributed by atoms with E-state index in [-0.39, 0.29) is 30.8 Å². The van der Waals surface area contributed by atoms with E-state index in [1.54, 1.807) is 17.0 Å². The third kappa shape index (κ3) is 6.48. The van der Waals surface area contributed by atoms with E-state index in [1.165, 1.54) is 6.07 Å². The van der Waals surface area contributed by atoms with Gasteiger partial charge in [0.05, 0.1) is 17.8 Å². The van der Waals surface area contributed by atoms with Crippen molar-refractivity contribution >= 4 is 23.2 Å². The van der Waals surface area contributed by atoms with Crippen molar-refractivity contribution in [1.82, 2.24) is 4.90 Å². The van der Waals surface area contributed by atoms with Crippen LogP contribution in [-0.2, 0) is 22.4 Å². The average molecular weight is 467 g/mol. The molecule has 1 aliphatic heterocycles. The summed E-state index contributed by atoms with van der Waals surface area (Å²) in [5.41, 5.74) is 0.857. The molecule has 32 heavy (non-hydrogen) atoms. The Morgan fingerprint density at radius 3 is 2.53 bits per heavy atom. The van der Waals surface area contributed by atoms with Crippen LogP contribution >= 0.6 is 11.6 Å². The van der Waals surface area contributed by atoms with Gasteiger partial charge in [0.15, 0.2) is 6.10 Å². The second-order valence-electron chi connectivity index (χ2n) is 9.16. The molecule has 0 saturated carbocycles. The molecule has 8 heteroatoms. The summed E-state index contributed by atoms with van der Waals surface area (Å²) in [5.74, 6) is -0.148. The van der Waals surface area contributed by atoms with Crippen molar-refractivity contribution in [1.29, 1.82) is 0 Å². The first kappa shape index (κ1) is 24.1. The minimum absolute atomic E-state index is 0.0557. The molecule has 0 fully saturated rings. The quantitative estimate of drug-likeness (QED) is 0.500. The molecule has 0 N–H and O–H groups in total. The summed E-state index contributed by atoms with van der Waals surface area (Å²) in [7, 11) is 0. The summed E-state index contributed by atoms with van der Waals surface area (Å²) in [6.45, 7) is 6.09. The van der Waals surface area contributed by atoms with Crippen molar-refractivity contribution in [2.45, 2.75) is 52.4 Å². The van der Waals surface area contributed by atoms with Gasteiger partial charge in [-0.05, 0) is 29.2 Å². The van der Waals surface area contributed by atoms with Crippen LogP contribution in [-0.4, -0.2) is 29.2 Å². The van der Waals surface area contributed by atoms with Crippen molar-refractivity contribution in [3.8, 4) is 0 Å². The summed E-state index contributed by atoms with van der Waals surface area (Å²) in [6, 6.07) is 12.3. The lowest BCUT2D eigenvalue weighted by atomic mass is 9.91. The largest absolute Gasteiger partial charge is 0.416 e. The van der Waals surface area contributed by atoms with Gasteiger partial charge < -0.3 is 9.74 Å². The maximum Gasteiger partial charge on any atom is 0.416 e. The molecule has 0 saturated heterocycles. The van der Waals surface area contributed by atoms with Crippen LogP contribution < -0.4 is 0 Å². The van der Waals surface area contributed by atoms with Gasteiger partial charge in [0.25, 0.3) is 0 Å². The first-order valence-electron chi connectivity index (χ1n) is 10.3. The number of amides is 1. The smallest absolute Gasteiger partial charge is 0.390 e. The first-order valence-corrected chi connectivity index (χ1v) is 10.7. The maximum atomic E-state index is 13.1. The van der Waals surface area contributed by atoms with Crippen LogP contribution in [0.15, 0.2) is 53.7 Å². The Morgan fingerprint density at radius 1 is 1.16 bits per heavy atom. The lowest BCUT2D eigenvalue weighted by molar-refractivity contribution is -0.137. The Balaban J connectivity index is 1.76. The highest BCUT2D eigenvalue weighted by Crippen LogP contribution is 2.30.